The van der Waals surface area contributed by atoms with Gasteiger partial charge in [-0.1, -0.05) is 46.3 Å². The molecule has 0 aromatic heterocycles. The Labute approximate surface area is 108 Å². The van der Waals surface area contributed by atoms with Crippen LogP contribution in [0.15, 0.2) is 64.1 Å². The van der Waals surface area contributed by atoms with E-state index in [0.29, 0.717) is 5.56 Å². The first-order valence-corrected chi connectivity index (χ1v) is 5.94. The lowest BCUT2D eigenvalue weighted by atomic mass is 10.2. The molecule has 17 heavy (non-hydrogen) atoms. The highest BCUT2D eigenvalue weighted by Crippen LogP contribution is 2.10. The summed E-state index contributed by atoms with van der Waals surface area (Å²) in [5.41, 5.74) is 1.49. The number of carbonyl (C=O) groups is 1. The van der Waals surface area contributed by atoms with Crippen molar-refractivity contribution >= 4 is 28.1 Å². The van der Waals surface area contributed by atoms with Crippen LogP contribution in [-0.4, -0.2) is 12.1 Å². The van der Waals surface area contributed by atoms with E-state index in [-0.39, 0.29) is 5.91 Å². The van der Waals surface area contributed by atoms with Crippen molar-refractivity contribution in [3.8, 4) is 0 Å². The first kappa shape index (κ1) is 11.7. The van der Waals surface area contributed by atoms with Gasteiger partial charge in [-0.3, -0.25) is 4.79 Å². The number of hydrogen-bond acceptors (Lipinski definition) is 1. The van der Waals surface area contributed by atoms with Crippen molar-refractivity contribution in [3.63, 3.8) is 0 Å². The van der Waals surface area contributed by atoms with Gasteiger partial charge in [0.05, 0.1) is 0 Å². The zero-order valence-corrected chi connectivity index (χ0v) is 10.6. The summed E-state index contributed by atoms with van der Waals surface area (Å²) in [6, 6.07) is 16.6. The van der Waals surface area contributed by atoms with Gasteiger partial charge in [-0.25, -0.2) is 4.99 Å². The van der Waals surface area contributed by atoms with E-state index in [4.69, 9.17) is 0 Å². The molecule has 0 fully saturated rings. The van der Waals surface area contributed by atoms with Crippen molar-refractivity contribution in [1.82, 2.24) is 0 Å². The van der Waals surface area contributed by atoms with E-state index in [0.717, 1.165) is 10.0 Å². The minimum absolute atomic E-state index is 0.231. The van der Waals surface area contributed by atoms with E-state index in [1.165, 1.54) is 0 Å². The Hall–Kier alpha value is -1.74. The predicted molar refractivity (Wildman–Crippen MR) is 72.5 cm³/mol. The fourth-order valence-electron chi connectivity index (χ4n) is 1.38. The number of benzene rings is 2. The monoisotopic (exact) mass is 287 g/mol. The van der Waals surface area contributed by atoms with Gasteiger partial charge in [-0.05, 0) is 29.8 Å². The summed E-state index contributed by atoms with van der Waals surface area (Å²) in [5.74, 6) is -0.231. The molecular formula is C14H10BrNO. The molecule has 0 unspecified atom stereocenters. The highest BCUT2D eigenvalue weighted by molar-refractivity contribution is 9.10. The largest absolute Gasteiger partial charge is 0.276 e. The lowest BCUT2D eigenvalue weighted by Gasteiger charge is -1.95. The minimum atomic E-state index is -0.231. The van der Waals surface area contributed by atoms with E-state index >= 15 is 0 Å². The normalized spacial score (nSPS) is 10.6. The molecule has 2 nitrogen and oxygen atoms in total. The van der Waals surface area contributed by atoms with Crippen LogP contribution >= 0.6 is 15.9 Å². The molecule has 2 aromatic carbocycles. The highest BCUT2D eigenvalue weighted by Gasteiger charge is 2.00. The van der Waals surface area contributed by atoms with Gasteiger partial charge in [0.1, 0.15) is 0 Å². The second-order valence-corrected chi connectivity index (χ2v) is 4.40. The average Bonchev–Trinajstić information content (AvgIpc) is 2.37. The molecule has 3 heteroatoms. The van der Waals surface area contributed by atoms with Crippen molar-refractivity contribution in [2.24, 2.45) is 4.99 Å². The Morgan fingerprint density at radius 1 is 1.06 bits per heavy atom. The first-order chi connectivity index (χ1) is 8.25. The molecule has 84 valence electrons. The topological polar surface area (TPSA) is 29.4 Å². The van der Waals surface area contributed by atoms with Crippen LogP contribution in [0.4, 0.5) is 0 Å². The van der Waals surface area contributed by atoms with Crippen molar-refractivity contribution in [1.29, 1.82) is 0 Å². The molecule has 0 bridgehead atoms. The van der Waals surface area contributed by atoms with Gasteiger partial charge < -0.3 is 0 Å². The molecule has 0 N–H and O–H groups in total. The highest BCUT2D eigenvalue weighted by atomic mass is 79.9. The second kappa shape index (κ2) is 5.55. The van der Waals surface area contributed by atoms with E-state index < -0.39 is 0 Å². The number of carbonyl (C=O) groups excluding carboxylic acids is 1. The Morgan fingerprint density at radius 3 is 2.53 bits per heavy atom. The number of halogens is 1. The molecule has 2 aromatic rings. The molecule has 0 aliphatic heterocycles. The Morgan fingerprint density at radius 2 is 1.82 bits per heavy atom. The maximum Gasteiger partial charge on any atom is 0.276 e. The molecule has 1 amide bonds. The summed E-state index contributed by atoms with van der Waals surface area (Å²) in [5, 5.41) is 0. The lowest BCUT2D eigenvalue weighted by Crippen LogP contribution is -1.95. The molecule has 0 spiro atoms. The van der Waals surface area contributed by atoms with Crippen molar-refractivity contribution in [2.45, 2.75) is 0 Å². The second-order valence-electron chi connectivity index (χ2n) is 3.48. The maximum atomic E-state index is 11.7. The summed E-state index contributed by atoms with van der Waals surface area (Å²) < 4.78 is 0.966. The number of amides is 1. The van der Waals surface area contributed by atoms with Crippen LogP contribution < -0.4 is 0 Å². The predicted octanol–water partition coefficient (Wildman–Crippen LogP) is 3.71. The average molecular weight is 288 g/mol. The summed E-state index contributed by atoms with van der Waals surface area (Å²) in [7, 11) is 0. The van der Waals surface area contributed by atoms with E-state index in [2.05, 4.69) is 20.9 Å². The van der Waals surface area contributed by atoms with E-state index in [9.17, 15) is 4.79 Å². The molecule has 2 rings (SSSR count). The van der Waals surface area contributed by atoms with Crippen LogP contribution in [0.2, 0.25) is 0 Å². The molecule has 0 aliphatic rings. The summed E-state index contributed by atoms with van der Waals surface area (Å²) in [6.07, 6.45) is 1.57. The zero-order chi connectivity index (χ0) is 12.1. The lowest BCUT2D eigenvalue weighted by molar-refractivity contribution is 0.100. The molecule has 0 saturated heterocycles. The van der Waals surface area contributed by atoms with Crippen LogP contribution in [0.25, 0.3) is 0 Å². The van der Waals surface area contributed by atoms with Crippen LogP contribution in [0.5, 0.6) is 0 Å². The van der Waals surface area contributed by atoms with Gasteiger partial charge in [0.15, 0.2) is 0 Å². The summed E-state index contributed by atoms with van der Waals surface area (Å²) in [4.78, 5) is 15.6. The van der Waals surface area contributed by atoms with Gasteiger partial charge in [-0.15, -0.1) is 0 Å². The Balaban J connectivity index is 2.14. The Kier molecular flexibility index (Phi) is 3.83. The molecule has 0 radical (unpaired) electrons. The van der Waals surface area contributed by atoms with Crippen LogP contribution in [0.3, 0.4) is 0 Å². The van der Waals surface area contributed by atoms with Gasteiger partial charge in [-0.2, -0.15) is 0 Å². The third-order valence-corrected chi connectivity index (χ3v) is 2.69. The standard InChI is InChI=1S/C14H10BrNO/c15-13-8-4-5-11(9-13)10-16-14(17)12-6-2-1-3-7-12/h1-10H. The van der Waals surface area contributed by atoms with E-state index in [1.807, 2.05) is 42.5 Å². The minimum Gasteiger partial charge on any atom is -0.267 e. The molecule has 0 aliphatic carbocycles. The number of aliphatic imine (C=N–C) groups is 1. The Bertz CT molecular complexity index is 549. The van der Waals surface area contributed by atoms with Gasteiger partial charge in [0, 0.05) is 16.3 Å². The van der Waals surface area contributed by atoms with Gasteiger partial charge in [0.2, 0.25) is 0 Å². The van der Waals surface area contributed by atoms with Crippen molar-refractivity contribution in [2.75, 3.05) is 0 Å². The first-order valence-electron chi connectivity index (χ1n) is 5.15. The fraction of sp³-hybridized carbons (Fsp3) is 0. The maximum absolute atomic E-state index is 11.7. The molecular weight excluding hydrogens is 278 g/mol. The summed E-state index contributed by atoms with van der Waals surface area (Å²) >= 11 is 3.37. The molecule has 0 atom stereocenters. The van der Waals surface area contributed by atoms with Crippen LogP contribution in [0, 0.1) is 0 Å². The summed E-state index contributed by atoms with van der Waals surface area (Å²) in [6.45, 7) is 0. The number of rotatable bonds is 2. The SMILES string of the molecule is O=C(N=Cc1cccc(Br)c1)c1ccccc1. The third kappa shape index (κ3) is 3.36. The van der Waals surface area contributed by atoms with E-state index in [1.54, 1.807) is 18.3 Å². The van der Waals surface area contributed by atoms with Gasteiger partial charge >= 0.3 is 0 Å². The number of nitrogens with zero attached hydrogens (tertiary/aromatic N) is 1. The van der Waals surface area contributed by atoms with Gasteiger partial charge in [0.25, 0.3) is 5.91 Å². The quantitative estimate of drug-likeness (QED) is 0.775. The van der Waals surface area contributed by atoms with Crippen molar-refractivity contribution < 1.29 is 4.79 Å². The number of hydrogen-bond donors (Lipinski definition) is 0. The van der Waals surface area contributed by atoms with Crippen LogP contribution in [0.1, 0.15) is 15.9 Å². The van der Waals surface area contributed by atoms with Crippen molar-refractivity contribution in [3.05, 3.63) is 70.2 Å². The third-order valence-electron chi connectivity index (χ3n) is 2.20. The smallest absolute Gasteiger partial charge is 0.267 e. The zero-order valence-electron chi connectivity index (χ0n) is 9.01. The van der Waals surface area contributed by atoms with Crippen LogP contribution in [-0.2, 0) is 0 Å². The fourth-order valence-corrected chi connectivity index (χ4v) is 1.79. The molecule has 0 heterocycles. The molecule has 0 saturated carbocycles.